The molecule has 0 aliphatic carbocycles. The normalized spacial score (nSPS) is 8.76. The first kappa shape index (κ1) is 18.5. The van der Waals surface area contributed by atoms with Crippen LogP contribution in [0.5, 0.6) is 0 Å². The maximum Gasteiger partial charge on any atom is 2.00 e. The molecule has 1 radical (unpaired) electrons. The topological polar surface area (TPSA) is 132 Å². The number of aromatic carboxylic acids is 2. The maximum absolute atomic E-state index is 10.2. The van der Waals surface area contributed by atoms with E-state index in [1.54, 1.807) is 0 Å². The van der Waals surface area contributed by atoms with E-state index >= 15 is 0 Å². The second-order valence-electron chi connectivity index (χ2n) is 3.82. The number of nitrogens with two attached hydrogens (primary N) is 2. The SMILES string of the molecule is Nc1ccc(C(=O)[O-])cc1.Nc1ccc(C(=O)[O-])cc1.[Cu+2]. The number of nitrogen functional groups attached to an aromatic ring is 2. The third-order valence-electron chi connectivity index (χ3n) is 2.29. The summed E-state index contributed by atoms with van der Waals surface area (Å²) in [6, 6.07) is 11.7. The van der Waals surface area contributed by atoms with Crippen molar-refractivity contribution in [2.45, 2.75) is 0 Å². The second-order valence-corrected chi connectivity index (χ2v) is 3.82. The van der Waals surface area contributed by atoms with Crippen LogP contribution in [-0.4, -0.2) is 11.9 Å². The molecule has 2 rings (SSSR count). The quantitative estimate of drug-likeness (QED) is 0.548. The van der Waals surface area contributed by atoms with Gasteiger partial charge in [-0.15, -0.1) is 0 Å². The molecule has 7 heteroatoms. The van der Waals surface area contributed by atoms with Crippen molar-refractivity contribution in [3.05, 3.63) is 59.7 Å². The first-order chi connectivity index (χ1) is 9.40. The molecule has 0 bridgehead atoms. The summed E-state index contributed by atoms with van der Waals surface area (Å²) in [5.41, 5.74) is 12.0. The molecule has 21 heavy (non-hydrogen) atoms. The van der Waals surface area contributed by atoms with E-state index in [1.165, 1.54) is 48.5 Å². The molecule has 0 heterocycles. The van der Waals surface area contributed by atoms with E-state index in [0.717, 1.165) is 0 Å². The Kier molecular flexibility index (Phi) is 7.60. The van der Waals surface area contributed by atoms with Gasteiger partial charge in [0.05, 0.1) is 11.9 Å². The molecular weight excluding hydrogens is 324 g/mol. The van der Waals surface area contributed by atoms with Crippen LogP contribution in [0.2, 0.25) is 0 Å². The summed E-state index contributed by atoms with van der Waals surface area (Å²) >= 11 is 0. The number of carbonyl (C=O) groups is 2. The molecule has 0 aromatic heterocycles. The van der Waals surface area contributed by atoms with Crippen molar-refractivity contribution in [3.8, 4) is 0 Å². The van der Waals surface area contributed by atoms with Crippen LogP contribution in [0.1, 0.15) is 20.7 Å². The van der Waals surface area contributed by atoms with E-state index < -0.39 is 11.9 Å². The van der Waals surface area contributed by atoms with Gasteiger partial charge in [0.25, 0.3) is 0 Å². The summed E-state index contributed by atoms with van der Waals surface area (Å²) < 4.78 is 0. The van der Waals surface area contributed by atoms with Gasteiger partial charge in [0, 0.05) is 11.4 Å². The zero-order valence-electron chi connectivity index (χ0n) is 10.7. The summed E-state index contributed by atoms with van der Waals surface area (Å²) in [5, 5.41) is 20.3. The van der Waals surface area contributed by atoms with Gasteiger partial charge >= 0.3 is 17.1 Å². The standard InChI is InChI=1S/2C7H7NO2.Cu/c2*8-6-3-1-5(2-4-6)7(9)10;/h2*1-4H,8H2,(H,9,10);/q;;+2/p-2. The predicted molar refractivity (Wildman–Crippen MR) is 70.4 cm³/mol. The largest absolute Gasteiger partial charge is 2.00 e. The van der Waals surface area contributed by atoms with Gasteiger partial charge in [-0.05, 0) is 35.4 Å². The first-order valence-corrected chi connectivity index (χ1v) is 5.54. The minimum atomic E-state index is -1.18. The van der Waals surface area contributed by atoms with Gasteiger partial charge < -0.3 is 31.3 Å². The van der Waals surface area contributed by atoms with Gasteiger partial charge in [-0.1, -0.05) is 24.3 Å². The van der Waals surface area contributed by atoms with E-state index in [1.807, 2.05) is 0 Å². The van der Waals surface area contributed by atoms with Crippen LogP contribution in [0, 0.1) is 0 Å². The predicted octanol–water partition coefficient (Wildman–Crippen LogP) is -0.738. The number of benzene rings is 2. The fourth-order valence-electron chi connectivity index (χ4n) is 1.24. The van der Waals surface area contributed by atoms with Gasteiger partial charge in [-0.3, -0.25) is 0 Å². The van der Waals surface area contributed by atoms with Gasteiger partial charge in [0.2, 0.25) is 0 Å². The summed E-state index contributed by atoms with van der Waals surface area (Å²) in [6.45, 7) is 0. The van der Waals surface area contributed by atoms with Crippen molar-refractivity contribution in [2.75, 3.05) is 11.5 Å². The van der Waals surface area contributed by atoms with Crippen molar-refractivity contribution in [3.63, 3.8) is 0 Å². The molecule has 2 aromatic rings. The number of carbonyl (C=O) groups excluding carboxylic acids is 2. The van der Waals surface area contributed by atoms with Crippen LogP contribution < -0.4 is 21.7 Å². The summed E-state index contributed by atoms with van der Waals surface area (Å²) in [6.07, 6.45) is 0. The van der Waals surface area contributed by atoms with Gasteiger partial charge in [0.1, 0.15) is 0 Å². The summed E-state index contributed by atoms with van der Waals surface area (Å²) in [5.74, 6) is -2.36. The molecular formula is C14H12CuN2O4. The number of anilines is 2. The monoisotopic (exact) mass is 335 g/mol. The number of hydrogen-bond acceptors (Lipinski definition) is 6. The van der Waals surface area contributed by atoms with E-state index in [9.17, 15) is 19.8 Å². The van der Waals surface area contributed by atoms with Crippen molar-refractivity contribution in [1.29, 1.82) is 0 Å². The Morgan fingerprint density at radius 1 is 0.667 bits per heavy atom. The van der Waals surface area contributed by atoms with Crippen LogP contribution in [0.25, 0.3) is 0 Å². The number of carboxylic acids is 2. The average molecular weight is 336 g/mol. The molecule has 0 atom stereocenters. The van der Waals surface area contributed by atoms with Gasteiger partial charge in [-0.25, -0.2) is 0 Å². The zero-order chi connectivity index (χ0) is 15.1. The Bertz CT molecular complexity index is 542. The zero-order valence-corrected chi connectivity index (χ0v) is 11.6. The minimum absolute atomic E-state index is 0. The van der Waals surface area contributed by atoms with Gasteiger partial charge in [-0.2, -0.15) is 0 Å². The fourth-order valence-corrected chi connectivity index (χ4v) is 1.24. The third-order valence-corrected chi connectivity index (χ3v) is 2.29. The van der Waals surface area contributed by atoms with Gasteiger partial charge in [0.15, 0.2) is 0 Å². The summed E-state index contributed by atoms with van der Waals surface area (Å²) in [7, 11) is 0. The van der Waals surface area contributed by atoms with Crippen molar-refractivity contribution in [1.82, 2.24) is 0 Å². The molecule has 0 aliphatic heterocycles. The molecule has 0 spiro atoms. The molecule has 0 saturated heterocycles. The van der Waals surface area contributed by atoms with Crippen LogP contribution in [0.4, 0.5) is 11.4 Å². The number of carboxylic acid groups (broad SMARTS) is 2. The van der Waals surface area contributed by atoms with Crippen LogP contribution in [0.15, 0.2) is 48.5 Å². The molecule has 0 saturated carbocycles. The van der Waals surface area contributed by atoms with Crippen molar-refractivity contribution in [2.24, 2.45) is 0 Å². The van der Waals surface area contributed by atoms with Crippen molar-refractivity contribution < 1.29 is 36.9 Å². The molecule has 0 unspecified atom stereocenters. The maximum atomic E-state index is 10.2. The fraction of sp³-hybridized carbons (Fsp3) is 0. The third kappa shape index (κ3) is 6.47. The Morgan fingerprint density at radius 3 is 1.10 bits per heavy atom. The molecule has 6 nitrogen and oxygen atoms in total. The molecule has 4 N–H and O–H groups in total. The van der Waals surface area contributed by atoms with E-state index in [2.05, 4.69) is 0 Å². The Hall–Kier alpha value is -2.50. The average Bonchev–Trinajstić information content (AvgIpc) is 2.40. The first-order valence-electron chi connectivity index (χ1n) is 5.54. The smallest absolute Gasteiger partial charge is 0.545 e. The number of rotatable bonds is 2. The van der Waals surface area contributed by atoms with E-state index in [4.69, 9.17) is 11.5 Å². The Morgan fingerprint density at radius 2 is 0.905 bits per heavy atom. The van der Waals surface area contributed by atoms with E-state index in [-0.39, 0.29) is 28.2 Å². The number of hydrogen-bond donors (Lipinski definition) is 2. The molecule has 2 aromatic carbocycles. The second kappa shape index (κ2) is 8.63. The van der Waals surface area contributed by atoms with Crippen LogP contribution in [-0.2, 0) is 17.1 Å². The van der Waals surface area contributed by atoms with E-state index in [0.29, 0.717) is 11.4 Å². The minimum Gasteiger partial charge on any atom is -0.545 e. The van der Waals surface area contributed by atoms with Crippen LogP contribution >= 0.6 is 0 Å². The van der Waals surface area contributed by atoms with Crippen LogP contribution in [0.3, 0.4) is 0 Å². The Labute approximate surface area is 131 Å². The molecule has 113 valence electrons. The summed E-state index contributed by atoms with van der Waals surface area (Å²) in [4.78, 5) is 20.3. The molecule has 0 aliphatic rings. The molecule has 0 fully saturated rings. The molecule has 0 amide bonds. The van der Waals surface area contributed by atoms with Crippen molar-refractivity contribution >= 4 is 23.3 Å². The Balaban J connectivity index is 0.000000364.